The van der Waals surface area contributed by atoms with Gasteiger partial charge in [-0.05, 0) is 30.5 Å². The summed E-state index contributed by atoms with van der Waals surface area (Å²) in [6.07, 6.45) is 4.19. The van der Waals surface area contributed by atoms with Crippen LogP contribution in [0.15, 0.2) is 66.9 Å². The third-order valence-corrected chi connectivity index (χ3v) is 4.43. The molecule has 0 saturated heterocycles. The largest absolute Gasteiger partial charge is 0.343 e. The molecule has 3 aromatic rings. The Labute approximate surface area is 180 Å². The Morgan fingerprint density at radius 1 is 0.871 bits per heavy atom. The van der Waals surface area contributed by atoms with Crippen molar-refractivity contribution in [1.29, 1.82) is 0 Å². The van der Waals surface area contributed by atoms with Crippen molar-refractivity contribution in [3.63, 3.8) is 0 Å². The Morgan fingerprint density at radius 3 is 2.55 bits per heavy atom. The number of nitrogens with one attached hydrogen (secondary N) is 3. The maximum Gasteiger partial charge on any atom is 0.343 e. The lowest BCUT2D eigenvalue weighted by atomic mass is 10.2. The Morgan fingerprint density at radius 2 is 1.68 bits per heavy atom. The number of urea groups is 1. The van der Waals surface area contributed by atoms with Gasteiger partial charge in [0.2, 0.25) is 5.91 Å². The quantitative estimate of drug-likeness (QED) is 0.319. The van der Waals surface area contributed by atoms with Crippen molar-refractivity contribution in [2.24, 2.45) is 0 Å². The summed E-state index contributed by atoms with van der Waals surface area (Å²) in [7, 11) is 0. The molecule has 0 fully saturated rings. The topological polar surface area (TPSA) is 102 Å². The van der Waals surface area contributed by atoms with E-state index < -0.39 is 6.03 Å². The number of carbonyl (C=O) groups excluding carboxylic acids is 2. The van der Waals surface area contributed by atoms with Crippen LogP contribution in [0, 0.1) is 0 Å². The van der Waals surface area contributed by atoms with Crippen LogP contribution in [0.5, 0.6) is 0 Å². The number of unbranched alkanes of at least 4 members (excludes halogenated alkanes) is 2. The predicted molar refractivity (Wildman–Crippen MR) is 118 cm³/mol. The number of nitrogens with zero attached hydrogens (tertiary/aromatic N) is 1. The van der Waals surface area contributed by atoms with E-state index in [9.17, 15) is 9.59 Å². The van der Waals surface area contributed by atoms with Crippen LogP contribution in [-0.2, 0) is 21.1 Å². The number of pyridine rings is 1. The van der Waals surface area contributed by atoms with Crippen molar-refractivity contribution < 1.29 is 19.3 Å². The lowest BCUT2D eigenvalue weighted by Gasteiger charge is -2.08. The highest BCUT2D eigenvalue weighted by Crippen LogP contribution is 2.15. The van der Waals surface area contributed by atoms with E-state index >= 15 is 0 Å². The highest BCUT2D eigenvalue weighted by molar-refractivity contribution is 5.91. The molecule has 31 heavy (non-hydrogen) atoms. The van der Waals surface area contributed by atoms with Gasteiger partial charge < -0.3 is 5.32 Å². The predicted octanol–water partition coefficient (Wildman–Crippen LogP) is 4.10. The molecule has 0 radical (unpaired) electrons. The van der Waals surface area contributed by atoms with Crippen LogP contribution >= 0.6 is 0 Å². The molecule has 8 nitrogen and oxygen atoms in total. The molecule has 1 heterocycles. The fraction of sp³-hybridized carbons (Fsp3) is 0.261. The highest BCUT2D eigenvalue weighted by atomic mass is 16.7. The number of benzene rings is 2. The summed E-state index contributed by atoms with van der Waals surface area (Å²) in [6, 6.07) is 18.7. The second-order valence-electron chi connectivity index (χ2n) is 6.93. The van der Waals surface area contributed by atoms with E-state index in [1.165, 1.54) is 0 Å². The van der Waals surface area contributed by atoms with Crippen LogP contribution in [0.3, 0.4) is 0 Å². The van der Waals surface area contributed by atoms with Gasteiger partial charge in [-0.15, -0.1) is 0 Å². The summed E-state index contributed by atoms with van der Waals surface area (Å²) in [6.45, 7) is 0.693. The van der Waals surface area contributed by atoms with E-state index in [4.69, 9.17) is 9.68 Å². The number of hydrogen-bond donors (Lipinski definition) is 3. The number of para-hydroxylation sites is 1. The molecule has 3 rings (SSSR count). The van der Waals surface area contributed by atoms with Gasteiger partial charge in [-0.25, -0.2) is 15.8 Å². The Kier molecular flexibility index (Phi) is 8.78. The summed E-state index contributed by atoms with van der Waals surface area (Å²) in [5.74, 6) is -0.154. The first-order valence-electron chi connectivity index (χ1n) is 10.2. The van der Waals surface area contributed by atoms with E-state index in [2.05, 4.69) is 21.3 Å². The number of hydroxylamine groups is 2. The summed E-state index contributed by atoms with van der Waals surface area (Å²) < 4.78 is 0. The van der Waals surface area contributed by atoms with Crippen LogP contribution in [0.1, 0.15) is 31.2 Å². The monoisotopic (exact) mass is 422 g/mol. The molecule has 0 atom stereocenters. The van der Waals surface area contributed by atoms with E-state index in [0.717, 1.165) is 29.3 Å². The number of fused-ring (bicyclic) bond motifs is 1. The minimum atomic E-state index is -0.466. The van der Waals surface area contributed by atoms with Crippen molar-refractivity contribution in [2.75, 3.05) is 11.9 Å². The maximum atomic E-state index is 11.9. The van der Waals surface area contributed by atoms with Gasteiger partial charge in [0.15, 0.2) is 0 Å². The summed E-state index contributed by atoms with van der Waals surface area (Å²) in [5.41, 5.74) is 7.23. The summed E-state index contributed by atoms with van der Waals surface area (Å²) in [5, 5.41) is 3.62. The van der Waals surface area contributed by atoms with E-state index in [-0.39, 0.29) is 5.91 Å². The first-order valence-corrected chi connectivity index (χ1v) is 10.2. The van der Waals surface area contributed by atoms with Crippen LogP contribution in [0.4, 0.5) is 10.5 Å². The average molecular weight is 422 g/mol. The van der Waals surface area contributed by atoms with Gasteiger partial charge in [-0.3, -0.25) is 19.5 Å². The van der Waals surface area contributed by atoms with Gasteiger partial charge in [0.1, 0.15) is 0 Å². The zero-order valence-electron chi connectivity index (χ0n) is 17.2. The molecule has 0 aliphatic carbocycles. The molecular weight excluding hydrogens is 396 g/mol. The fourth-order valence-corrected chi connectivity index (χ4v) is 2.87. The normalized spacial score (nSPS) is 10.6. The average Bonchev–Trinajstić information content (AvgIpc) is 2.79. The van der Waals surface area contributed by atoms with E-state index in [1.54, 1.807) is 6.20 Å². The van der Waals surface area contributed by atoms with Crippen molar-refractivity contribution in [3.05, 3.63) is 72.4 Å². The summed E-state index contributed by atoms with van der Waals surface area (Å²) >= 11 is 0. The van der Waals surface area contributed by atoms with Gasteiger partial charge in [0.05, 0.1) is 30.6 Å². The van der Waals surface area contributed by atoms with E-state index in [0.29, 0.717) is 31.7 Å². The second-order valence-corrected chi connectivity index (χ2v) is 6.93. The molecule has 8 heteroatoms. The number of carbonyl (C=O) groups is 2. The molecule has 0 unspecified atom stereocenters. The van der Waals surface area contributed by atoms with Gasteiger partial charge in [-0.1, -0.05) is 55.0 Å². The van der Waals surface area contributed by atoms with Crippen molar-refractivity contribution >= 4 is 28.5 Å². The number of amides is 3. The third-order valence-electron chi connectivity index (χ3n) is 4.43. The molecule has 2 aromatic carbocycles. The highest BCUT2D eigenvalue weighted by Gasteiger charge is 2.04. The Balaban J connectivity index is 1.20. The first kappa shape index (κ1) is 22.2. The summed E-state index contributed by atoms with van der Waals surface area (Å²) in [4.78, 5) is 38.3. The minimum absolute atomic E-state index is 0.154. The number of anilines is 1. The standard InChI is InChI=1S/C23H26N4O4/c28-22(26-31-17-18-9-3-1-4-10-18)13-5-2-8-14-30-27-23(29)25-20-15-19-11-6-7-12-21(19)24-16-20/h1,3-4,6-7,9-12,15-16H,2,5,8,13-14,17H2,(H,26,28)(H2,25,27,29). The molecule has 0 saturated carbocycles. The second kappa shape index (κ2) is 12.3. The maximum absolute atomic E-state index is 11.9. The van der Waals surface area contributed by atoms with Gasteiger partial charge >= 0.3 is 6.03 Å². The van der Waals surface area contributed by atoms with Crippen molar-refractivity contribution in [2.45, 2.75) is 32.3 Å². The Bertz CT molecular complexity index is 981. The number of hydrogen-bond acceptors (Lipinski definition) is 5. The fourth-order valence-electron chi connectivity index (χ4n) is 2.87. The molecule has 1 aromatic heterocycles. The Hall–Kier alpha value is -3.49. The lowest BCUT2D eigenvalue weighted by molar-refractivity contribution is -0.134. The number of aromatic nitrogens is 1. The molecule has 162 valence electrons. The van der Waals surface area contributed by atoms with Crippen LogP contribution in [0.25, 0.3) is 10.9 Å². The van der Waals surface area contributed by atoms with Crippen LogP contribution in [-0.4, -0.2) is 23.5 Å². The minimum Gasteiger partial charge on any atom is -0.305 e. The van der Waals surface area contributed by atoms with Gasteiger partial charge in [0, 0.05) is 11.8 Å². The lowest BCUT2D eigenvalue weighted by Crippen LogP contribution is -2.29. The smallest absolute Gasteiger partial charge is 0.305 e. The van der Waals surface area contributed by atoms with Gasteiger partial charge in [0.25, 0.3) is 0 Å². The zero-order valence-corrected chi connectivity index (χ0v) is 17.2. The van der Waals surface area contributed by atoms with Gasteiger partial charge in [-0.2, -0.15) is 0 Å². The third kappa shape index (κ3) is 8.04. The SMILES string of the molecule is O=C(CCCCCONC(=O)Nc1cnc2ccccc2c1)NOCc1ccccc1. The molecule has 0 bridgehead atoms. The molecule has 3 amide bonds. The molecular formula is C23H26N4O4. The van der Waals surface area contributed by atoms with Crippen LogP contribution in [0.2, 0.25) is 0 Å². The number of rotatable bonds is 11. The van der Waals surface area contributed by atoms with Crippen molar-refractivity contribution in [3.8, 4) is 0 Å². The van der Waals surface area contributed by atoms with Crippen molar-refractivity contribution in [1.82, 2.24) is 15.9 Å². The van der Waals surface area contributed by atoms with Crippen LogP contribution < -0.4 is 16.3 Å². The zero-order chi connectivity index (χ0) is 21.7. The molecule has 3 N–H and O–H groups in total. The molecule has 0 spiro atoms. The molecule has 0 aliphatic heterocycles. The first-order chi connectivity index (χ1) is 15.2. The van der Waals surface area contributed by atoms with E-state index in [1.807, 2.05) is 60.7 Å². The molecule has 0 aliphatic rings.